The number of amides is 6. The normalized spacial score (nSPS) is 20.2. The second kappa shape index (κ2) is 51.5. The Bertz CT molecular complexity index is 5610. The predicted octanol–water partition coefficient (Wildman–Crippen LogP) is 21.6. The van der Waals surface area contributed by atoms with Crippen LogP contribution in [-0.4, -0.2) is 240 Å². The number of imidazole rings is 4. The molecule has 0 bridgehead atoms. The van der Waals surface area contributed by atoms with Crippen molar-refractivity contribution in [1.82, 2.24) is 82.6 Å². The van der Waals surface area contributed by atoms with Gasteiger partial charge in [0.05, 0.1) is 64.5 Å². The lowest BCUT2D eigenvalue weighted by molar-refractivity contribution is -0.135. The van der Waals surface area contributed by atoms with Crippen LogP contribution in [0.5, 0.6) is 5.88 Å². The summed E-state index contributed by atoms with van der Waals surface area (Å²) in [5.41, 5.74) is 8.30. The Morgan fingerprint density at radius 1 is 0.350 bits per heavy atom. The number of ether oxygens (including phenoxy) is 3. The van der Waals surface area contributed by atoms with E-state index in [2.05, 4.69) is 171 Å². The molecule has 8 fully saturated rings. The average Bonchev–Trinajstić information content (AvgIpc) is 1.87. The molecule has 6 atom stereocenters. The molecule has 4 aliphatic carbocycles. The highest BCUT2D eigenvalue weighted by Crippen LogP contribution is 2.40. The lowest BCUT2D eigenvalue weighted by atomic mass is 9.93. The number of aromatic nitrogens is 11. The molecule has 28 nitrogen and oxygen atoms in total. The molecule has 6 unspecified atom stereocenters. The first kappa shape index (κ1) is 103. The first-order valence-electron chi connectivity index (χ1n) is 54.1. The zero-order valence-electron chi connectivity index (χ0n) is 85.5. The van der Waals surface area contributed by atoms with Gasteiger partial charge in [0.2, 0.25) is 35.5 Å². The van der Waals surface area contributed by atoms with E-state index in [1.54, 1.807) is 19.4 Å². The molecule has 140 heavy (non-hydrogen) atoms. The van der Waals surface area contributed by atoms with Crippen LogP contribution in [0, 0.1) is 0 Å². The van der Waals surface area contributed by atoms with E-state index in [0.29, 0.717) is 126 Å². The molecule has 756 valence electrons. The molecule has 4 aliphatic heterocycles. The van der Waals surface area contributed by atoms with Crippen molar-refractivity contribution in [3.05, 3.63) is 157 Å². The Hall–Kier alpha value is -11.2. The number of hydrogen-bond acceptors (Lipinski definition) is 18. The Kier molecular flexibility index (Phi) is 37.9. The number of likely N-dealkylation sites (tertiary alicyclic amines) is 2. The number of methoxy groups -OCH3 is 1. The third kappa shape index (κ3) is 25.8. The summed E-state index contributed by atoms with van der Waals surface area (Å²) in [6.45, 7) is 28.1. The van der Waals surface area contributed by atoms with E-state index in [1.807, 2.05) is 78.4 Å². The van der Waals surface area contributed by atoms with Crippen molar-refractivity contribution in [2.24, 2.45) is 0 Å². The lowest BCUT2D eigenvalue weighted by Crippen LogP contribution is -2.45. The average molecular weight is 1920 g/mol. The summed E-state index contributed by atoms with van der Waals surface area (Å²) in [6, 6.07) is 43.0. The van der Waals surface area contributed by atoms with Gasteiger partial charge in [-0.2, -0.15) is 4.98 Å². The van der Waals surface area contributed by atoms with E-state index >= 15 is 0 Å². The highest BCUT2D eigenvalue weighted by molar-refractivity contribution is 5.82. The number of piperidine rings is 4. The van der Waals surface area contributed by atoms with E-state index in [4.69, 9.17) is 34.1 Å². The van der Waals surface area contributed by atoms with Crippen LogP contribution in [0.3, 0.4) is 0 Å². The van der Waals surface area contributed by atoms with Gasteiger partial charge in [-0.3, -0.25) is 19.2 Å². The highest BCUT2D eigenvalue weighted by atomic mass is 16.6. The summed E-state index contributed by atoms with van der Waals surface area (Å²) >= 11 is 0. The zero-order valence-corrected chi connectivity index (χ0v) is 85.5. The standard InChI is InChI=1S/C29H40N6O2.C28H37N5O.C28H42N4O3.C27H40N4O3/c1-4-33(23-10-6-5-7-11-23)27(36)17-19-34-25-13-9-8-12-24(25)31-28(34)22-15-14-21(2)35(20-22)29-30-18-16-26(32-29)37-3;1-2-32(23-12-4-3-5-13-23)27(34)17-20-33-25-15-7-6-14-24(25)30-28(33)22-11-10-19-31(21-22)26-16-8-9-18-29-26;1-4-19-35-28(34)32-20-22(16-15-21(32)3)27-29-24-13-9-10-14-25(24)31(27)18-17-26(33)30(5-2)23-11-7-6-8-12-23;1-3-19-34-27(33)29-17-10-11-21(20-29)26-28-23-14-8-9-15-24(23)31(26)18-16-25(32)30(4-2)22-12-6-5-7-13-22/h8-9,12-13,16,18,21-23H,4-7,10-11,14-15,17,19-20H2,1-3H3;6-9,14-16,18,22-23H,2-5,10-13,17,19-21H2,1H3;9-10,13-14,21-23H,4-8,11-12,15-20H2,1-3H3;8-9,14-15,21-22H,3-7,10-13,16-20H2,1-2H3. The van der Waals surface area contributed by atoms with Crippen molar-refractivity contribution in [1.29, 1.82) is 0 Å². The largest absolute Gasteiger partial charge is 0.481 e. The molecule has 6 aromatic heterocycles. The van der Waals surface area contributed by atoms with Crippen LogP contribution in [0.4, 0.5) is 21.4 Å². The summed E-state index contributed by atoms with van der Waals surface area (Å²) < 4.78 is 25.3. The van der Waals surface area contributed by atoms with E-state index < -0.39 is 0 Å². The summed E-state index contributed by atoms with van der Waals surface area (Å²) in [4.78, 5) is 129. The number of aryl methyl sites for hydroxylation is 4. The fraction of sp³-hybridized carbons (Fsp3) is 0.616. The molecule has 28 heteroatoms. The molecule has 6 amide bonds. The molecular weight excluding hydrogens is 1760 g/mol. The highest BCUT2D eigenvalue weighted by Gasteiger charge is 2.39. The van der Waals surface area contributed by atoms with Gasteiger partial charge in [-0.25, -0.2) is 39.5 Å². The molecule has 4 saturated heterocycles. The molecule has 10 heterocycles. The number of benzene rings is 4. The van der Waals surface area contributed by atoms with E-state index in [9.17, 15) is 28.8 Å². The fourth-order valence-corrected chi connectivity index (χ4v) is 23.7. The third-order valence-electron chi connectivity index (χ3n) is 31.1. The van der Waals surface area contributed by atoms with Crippen LogP contribution < -0.4 is 14.5 Å². The first-order chi connectivity index (χ1) is 68.5. The zero-order chi connectivity index (χ0) is 97.8. The van der Waals surface area contributed by atoms with Crippen LogP contribution in [0.25, 0.3) is 44.1 Å². The molecule has 8 aliphatic rings. The molecule has 4 aromatic carbocycles. The van der Waals surface area contributed by atoms with Crippen molar-refractivity contribution < 1.29 is 43.0 Å². The molecular formula is C112H159N19O9. The number of anilines is 2. The van der Waals surface area contributed by atoms with E-state index in [1.165, 1.54) is 77.0 Å². The number of pyridine rings is 1. The van der Waals surface area contributed by atoms with Crippen molar-refractivity contribution in [2.45, 2.75) is 360 Å². The number of nitrogens with zero attached hydrogens (tertiary/aromatic N) is 19. The van der Waals surface area contributed by atoms with Crippen molar-refractivity contribution in [2.75, 3.05) is 95.6 Å². The second-order valence-corrected chi connectivity index (χ2v) is 40.3. The van der Waals surface area contributed by atoms with Gasteiger partial charge in [-0.05, 0) is 218 Å². The number of carbonyl (C=O) groups excluding carboxylic acids is 6. The molecule has 0 spiro atoms. The molecule has 0 N–H and O–H groups in total. The number of para-hydroxylation sites is 8. The summed E-state index contributed by atoms with van der Waals surface area (Å²) in [7, 11) is 1.63. The van der Waals surface area contributed by atoms with Crippen LogP contribution >= 0.6 is 0 Å². The Morgan fingerprint density at radius 3 is 1.10 bits per heavy atom. The molecule has 4 saturated carbocycles. The minimum atomic E-state index is -0.229. The maximum absolute atomic E-state index is 13.4. The maximum atomic E-state index is 13.4. The lowest BCUT2D eigenvalue weighted by Gasteiger charge is -2.38. The molecule has 0 radical (unpaired) electrons. The van der Waals surface area contributed by atoms with Gasteiger partial charge < -0.3 is 71.7 Å². The maximum Gasteiger partial charge on any atom is 0.410 e. The van der Waals surface area contributed by atoms with Gasteiger partial charge in [0.15, 0.2) is 0 Å². The van der Waals surface area contributed by atoms with Crippen molar-refractivity contribution >= 4 is 91.7 Å². The van der Waals surface area contributed by atoms with Gasteiger partial charge >= 0.3 is 12.2 Å². The number of hydrogen-bond donors (Lipinski definition) is 0. The van der Waals surface area contributed by atoms with Gasteiger partial charge in [-0.1, -0.05) is 145 Å². The monoisotopic (exact) mass is 1910 g/mol. The predicted molar refractivity (Wildman–Crippen MR) is 555 cm³/mol. The van der Waals surface area contributed by atoms with Gasteiger partial charge in [0, 0.05) is 196 Å². The summed E-state index contributed by atoms with van der Waals surface area (Å²) in [5.74, 6) is 8.34. The smallest absolute Gasteiger partial charge is 0.410 e. The van der Waals surface area contributed by atoms with Crippen LogP contribution in [-0.2, 0) is 54.8 Å². The SMILES string of the molecule is CCCOC(=O)N1CC(c2nc3ccccc3n2CCC(=O)N(CC)C2CCCCC2)CCC1C.CCCOC(=O)N1CCCC(c2nc3ccccc3n2CCC(=O)N(CC)C2CCCCC2)C1.CCN(C(=O)CCn1c(C2CCC(C)N(c3nccc(OC)n3)C2)nc2ccccc21)C1CCCCC1.CCN(C(=O)CCn1c(C2CCCN(c3ccccn3)C2)nc2ccccc21)C1CCCCC1. The number of carbonyl (C=O) groups is 6. The second-order valence-electron chi connectivity index (χ2n) is 40.3. The van der Waals surface area contributed by atoms with Crippen LogP contribution in [0.15, 0.2) is 134 Å². The fourth-order valence-electron chi connectivity index (χ4n) is 23.7. The topological polar surface area (TPSA) is 266 Å². The number of fused-ring (bicyclic) bond motifs is 4. The van der Waals surface area contributed by atoms with Crippen molar-refractivity contribution in [3.63, 3.8) is 0 Å². The molecule has 10 aromatic rings. The van der Waals surface area contributed by atoms with Crippen LogP contribution in [0.1, 0.15) is 321 Å². The number of rotatable bonds is 31. The van der Waals surface area contributed by atoms with E-state index in [0.717, 1.165) is 241 Å². The first-order valence-corrected chi connectivity index (χ1v) is 54.1. The summed E-state index contributed by atoms with van der Waals surface area (Å²) in [5, 5.41) is 0. The molecule has 18 rings (SSSR count). The Balaban J connectivity index is 0.000000141. The van der Waals surface area contributed by atoms with Crippen LogP contribution in [0.2, 0.25) is 0 Å². The Morgan fingerprint density at radius 2 is 0.714 bits per heavy atom. The van der Waals surface area contributed by atoms with E-state index in [-0.39, 0.29) is 59.6 Å². The van der Waals surface area contributed by atoms with Crippen molar-refractivity contribution in [3.8, 4) is 5.88 Å². The van der Waals surface area contributed by atoms with Gasteiger partial charge in [-0.15, -0.1) is 0 Å². The minimum absolute atomic E-state index is 0.128. The third-order valence-corrected chi connectivity index (χ3v) is 31.1. The minimum Gasteiger partial charge on any atom is -0.481 e. The Labute approximate surface area is 830 Å². The summed E-state index contributed by atoms with van der Waals surface area (Å²) in [6.07, 6.45) is 39.1. The van der Waals surface area contributed by atoms with Gasteiger partial charge in [0.1, 0.15) is 29.1 Å². The quantitative estimate of drug-likeness (QED) is 0.0391. The van der Waals surface area contributed by atoms with Gasteiger partial charge in [0.25, 0.3) is 0 Å².